The summed E-state index contributed by atoms with van der Waals surface area (Å²) < 4.78 is 40.9. The van der Waals surface area contributed by atoms with Gasteiger partial charge in [0.25, 0.3) is 10.0 Å². The first-order valence-electron chi connectivity index (χ1n) is 6.73. The van der Waals surface area contributed by atoms with E-state index < -0.39 is 21.9 Å². The number of nitrogens with two attached hydrogens (primary N) is 1. The van der Waals surface area contributed by atoms with Gasteiger partial charge in [0, 0.05) is 44.0 Å². The Bertz CT molecular complexity index is 774. The second-order valence-corrected chi connectivity index (χ2v) is 7.26. The fraction of sp³-hybridized carbons (Fsp3) is 0.385. The van der Waals surface area contributed by atoms with Crippen LogP contribution in [0.5, 0.6) is 0 Å². The Morgan fingerprint density at radius 1 is 1.32 bits per heavy atom. The molecule has 3 heterocycles. The Balaban J connectivity index is 1.85. The lowest BCUT2D eigenvalue weighted by atomic mass is 10.00. The van der Waals surface area contributed by atoms with Gasteiger partial charge in [0.2, 0.25) is 0 Å². The summed E-state index contributed by atoms with van der Waals surface area (Å²) in [4.78, 5) is 7.90. The molecule has 1 aliphatic rings. The second kappa shape index (κ2) is 5.41. The summed E-state index contributed by atoms with van der Waals surface area (Å²) in [6, 6.07) is 2.44. The predicted molar refractivity (Wildman–Crippen MR) is 76.9 cm³/mol. The molecule has 2 aromatic rings. The van der Waals surface area contributed by atoms with Crippen molar-refractivity contribution in [1.82, 2.24) is 18.8 Å². The largest absolute Gasteiger partial charge is 0.339 e. The summed E-state index contributed by atoms with van der Waals surface area (Å²) in [6.45, 7) is 0.390. The molecule has 2 N–H and O–H groups in total. The Kier molecular flexibility index (Phi) is 3.71. The van der Waals surface area contributed by atoms with Crippen molar-refractivity contribution in [2.75, 3.05) is 13.1 Å². The van der Waals surface area contributed by atoms with E-state index in [1.807, 2.05) is 0 Å². The number of imidazole rings is 1. The van der Waals surface area contributed by atoms with Crippen LogP contribution in [0.4, 0.5) is 4.39 Å². The van der Waals surface area contributed by atoms with Gasteiger partial charge in [-0.2, -0.15) is 4.31 Å². The number of hydrogen-bond donors (Lipinski definition) is 1. The molecule has 22 heavy (non-hydrogen) atoms. The van der Waals surface area contributed by atoms with Gasteiger partial charge >= 0.3 is 0 Å². The summed E-state index contributed by atoms with van der Waals surface area (Å²) in [6.07, 6.45) is 3.99. The average Bonchev–Trinajstić information content (AvgIpc) is 3.07. The molecular weight excluding hydrogens is 309 g/mol. The number of pyridine rings is 1. The number of aryl methyl sites for hydroxylation is 1. The van der Waals surface area contributed by atoms with E-state index in [0.717, 1.165) is 6.20 Å². The monoisotopic (exact) mass is 325 g/mol. The van der Waals surface area contributed by atoms with Gasteiger partial charge in [-0.3, -0.25) is 4.98 Å². The third-order valence-corrected chi connectivity index (χ3v) is 5.46. The van der Waals surface area contributed by atoms with Crippen molar-refractivity contribution < 1.29 is 12.8 Å². The highest BCUT2D eigenvalue weighted by Gasteiger charge is 2.39. The lowest BCUT2D eigenvalue weighted by Crippen LogP contribution is -2.32. The SMILES string of the molecule is Cn1cnc(S(=O)(=O)N2C[C@@H](N)[C@H](c3ccc(F)cn3)C2)c1. The van der Waals surface area contributed by atoms with Crippen LogP contribution < -0.4 is 5.73 Å². The highest BCUT2D eigenvalue weighted by molar-refractivity contribution is 7.89. The number of sulfonamides is 1. The standard InChI is InChI=1S/C13H16FN5O2S/c1-18-7-13(17-8-18)22(20,21)19-5-10(11(15)6-19)12-3-2-9(14)4-16-12/h2-4,7-8,10-11H,5-6,15H2,1H3/t10-,11-/m1/s1. The van der Waals surface area contributed by atoms with Gasteiger partial charge in [-0.05, 0) is 12.1 Å². The number of hydrogen-bond acceptors (Lipinski definition) is 5. The van der Waals surface area contributed by atoms with E-state index in [9.17, 15) is 12.8 Å². The normalized spacial score (nSPS) is 23.0. The first-order chi connectivity index (χ1) is 10.4. The van der Waals surface area contributed by atoms with Crippen LogP contribution in [0.25, 0.3) is 0 Å². The van der Waals surface area contributed by atoms with E-state index in [2.05, 4.69) is 9.97 Å². The molecule has 7 nitrogen and oxygen atoms in total. The van der Waals surface area contributed by atoms with Gasteiger partial charge < -0.3 is 10.3 Å². The van der Waals surface area contributed by atoms with Gasteiger partial charge in [-0.1, -0.05) is 0 Å². The third kappa shape index (κ3) is 2.62. The average molecular weight is 325 g/mol. The van der Waals surface area contributed by atoms with Gasteiger partial charge in [0.1, 0.15) is 5.82 Å². The number of nitrogens with zero attached hydrogens (tertiary/aromatic N) is 4. The van der Waals surface area contributed by atoms with Crippen LogP contribution in [0.3, 0.4) is 0 Å². The first kappa shape index (κ1) is 15.1. The van der Waals surface area contributed by atoms with Crippen LogP contribution in [-0.2, 0) is 17.1 Å². The molecule has 2 aromatic heterocycles. The molecule has 0 radical (unpaired) electrons. The molecule has 0 aromatic carbocycles. The van der Waals surface area contributed by atoms with Crippen LogP contribution in [0, 0.1) is 5.82 Å². The van der Waals surface area contributed by atoms with Crippen LogP contribution in [0.2, 0.25) is 0 Å². The summed E-state index contributed by atoms with van der Waals surface area (Å²) in [5, 5.41) is -0.00471. The molecular formula is C13H16FN5O2S. The van der Waals surface area contributed by atoms with Crippen molar-refractivity contribution in [3.05, 3.63) is 42.4 Å². The molecule has 1 fully saturated rings. The number of aromatic nitrogens is 3. The molecule has 1 aliphatic heterocycles. The minimum Gasteiger partial charge on any atom is -0.339 e. The molecule has 0 bridgehead atoms. The smallest absolute Gasteiger partial charge is 0.262 e. The molecule has 118 valence electrons. The zero-order valence-electron chi connectivity index (χ0n) is 11.9. The van der Waals surface area contributed by atoms with E-state index in [1.54, 1.807) is 11.6 Å². The molecule has 0 saturated carbocycles. The van der Waals surface area contributed by atoms with Crippen LogP contribution in [-0.4, -0.2) is 46.4 Å². The molecule has 0 aliphatic carbocycles. The third-order valence-electron chi connectivity index (χ3n) is 3.75. The van der Waals surface area contributed by atoms with E-state index in [-0.39, 0.29) is 24.0 Å². The molecule has 0 amide bonds. The predicted octanol–water partition coefficient (Wildman–Crippen LogP) is 0.0696. The van der Waals surface area contributed by atoms with E-state index in [0.29, 0.717) is 5.69 Å². The van der Waals surface area contributed by atoms with Gasteiger partial charge in [-0.25, -0.2) is 17.8 Å². The summed E-state index contributed by atoms with van der Waals surface area (Å²) in [5.74, 6) is -0.702. The molecule has 1 saturated heterocycles. The maximum Gasteiger partial charge on any atom is 0.262 e. The zero-order chi connectivity index (χ0) is 15.9. The zero-order valence-corrected chi connectivity index (χ0v) is 12.7. The lowest BCUT2D eigenvalue weighted by Gasteiger charge is -2.14. The molecule has 9 heteroatoms. The van der Waals surface area contributed by atoms with Gasteiger partial charge in [0.05, 0.1) is 12.5 Å². The van der Waals surface area contributed by atoms with Crippen LogP contribution in [0.1, 0.15) is 11.6 Å². The fourth-order valence-corrected chi connectivity index (χ4v) is 4.03. The van der Waals surface area contributed by atoms with Crippen molar-refractivity contribution in [2.45, 2.75) is 17.0 Å². The molecule has 3 rings (SSSR count). The summed E-state index contributed by atoms with van der Waals surface area (Å²) in [7, 11) is -1.98. The van der Waals surface area contributed by atoms with Crippen molar-refractivity contribution in [1.29, 1.82) is 0 Å². The fourth-order valence-electron chi connectivity index (χ4n) is 2.56. The van der Waals surface area contributed by atoms with Crippen LogP contribution >= 0.6 is 0 Å². The van der Waals surface area contributed by atoms with Gasteiger partial charge in [-0.15, -0.1) is 0 Å². The van der Waals surface area contributed by atoms with Gasteiger partial charge in [0.15, 0.2) is 5.03 Å². The van der Waals surface area contributed by atoms with E-state index in [4.69, 9.17) is 5.73 Å². The summed E-state index contributed by atoms with van der Waals surface area (Å²) >= 11 is 0. The van der Waals surface area contributed by atoms with Crippen molar-refractivity contribution >= 4 is 10.0 Å². The van der Waals surface area contributed by atoms with E-state index in [1.165, 1.54) is 29.0 Å². The maximum absolute atomic E-state index is 12.9. The van der Waals surface area contributed by atoms with Crippen molar-refractivity contribution in [2.24, 2.45) is 12.8 Å². The quantitative estimate of drug-likeness (QED) is 0.862. The summed E-state index contributed by atoms with van der Waals surface area (Å²) in [5.41, 5.74) is 6.64. The Morgan fingerprint density at radius 2 is 2.09 bits per heavy atom. The Morgan fingerprint density at radius 3 is 2.68 bits per heavy atom. The first-order valence-corrected chi connectivity index (χ1v) is 8.17. The molecule has 0 spiro atoms. The topological polar surface area (TPSA) is 94.1 Å². The molecule has 0 unspecified atom stereocenters. The van der Waals surface area contributed by atoms with Crippen LogP contribution in [0.15, 0.2) is 35.9 Å². The highest BCUT2D eigenvalue weighted by atomic mass is 32.2. The minimum absolute atomic E-state index is 0.00471. The Labute approximate surface area is 127 Å². The molecule has 2 atom stereocenters. The highest BCUT2D eigenvalue weighted by Crippen LogP contribution is 2.29. The number of rotatable bonds is 3. The second-order valence-electron chi connectivity index (χ2n) is 5.37. The number of halogens is 1. The van der Waals surface area contributed by atoms with Crippen molar-refractivity contribution in [3.8, 4) is 0 Å². The minimum atomic E-state index is -3.68. The Hall–Kier alpha value is -1.84. The van der Waals surface area contributed by atoms with E-state index >= 15 is 0 Å². The van der Waals surface area contributed by atoms with Crippen molar-refractivity contribution in [3.63, 3.8) is 0 Å². The lowest BCUT2D eigenvalue weighted by molar-refractivity contribution is 0.467. The maximum atomic E-state index is 12.9.